The van der Waals surface area contributed by atoms with E-state index in [4.69, 9.17) is 0 Å². The van der Waals surface area contributed by atoms with Gasteiger partial charge in [-0.3, -0.25) is 9.59 Å². The van der Waals surface area contributed by atoms with E-state index in [-0.39, 0.29) is 33.9 Å². The Morgan fingerprint density at radius 2 is 1.77 bits per heavy atom. The van der Waals surface area contributed by atoms with E-state index in [0.29, 0.717) is 31.6 Å². The standard InChI is InChI=1S/C22H31N3O4S2/c1-15-21(26)24-19-14-18(8-9-20(19)30-15)31(28,29)25-12-10-16(11-13-25)22(27)23-17-6-4-2-3-5-7-17/h8-9,14-17H,2-7,10-13H2,1H3,(H,23,27)(H,24,26)/t15-/m1/s1. The fraction of sp³-hybridized carbons (Fsp3) is 0.636. The Bertz CT molecular complexity index is 934. The molecule has 2 aliphatic heterocycles. The quantitative estimate of drug-likeness (QED) is 0.665. The molecule has 3 aliphatic rings. The van der Waals surface area contributed by atoms with Crippen LogP contribution in [0.15, 0.2) is 28.0 Å². The summed E-state index contributed by atoms with van der Waals surface area (Å²) in [5.41, 5.74) is 0.548. The van der Waals surface area contributed by atoms with Gasteiger partial charge < -0.3 is 10.6 Å². The van der Waals surface area contributed by atoms with Gasteiger partial charge in [-0.05, 0) is 50.8 Å². The number of nitrogens with zero attached hydrogens (tertiary/aromatic N) is 1. The second-order valence-corrected chi connectivity index (χ2v) is 12.1. The van der Waals surface area contributed by atoms with Crippen LogP contribution in [0.4, 0.5) is 5.69 Å². The lowest BCUT2D eigenvalue weighted by Crippen LogP contribution is -2.45. The highest BCUT2D eigenvalue weighted by Gasteiger charge is 2.34. The third kappa shape index (κ3) is 5.09. The van der Waals surface area contributed by atoms with Crippen LogP contribution in [0.1, 0.15) is 58.3 Å². The van der Waals surface area contributed by atoms with Crippen molar-refractivity contribution in [2.24, 2.45) is 5.92 Å². The van der Waals surface area contributed by atoms with E-state index in [1.54, 1.807) is 18.2 Å². The molecule has 0 aromatic heterocycles. The zero-order valence-corrected chi connectivity index (χ0v) is 19.6. The third-order valence-corrected chi connectivity index (χ3v) is 9.62. The van der Waals surface area contributed by atoms with Crippen molar-refractivity contribution in [2.75, 3.05) is 18.4 Å². The lowest BCUT2D eigenvalue weighted by molar-refractivity contribution is -0.127. The summed E-state index contributed by atoms with van der Waals surface area (Å²) in [7, 11) is -3.67. The maximum Gasteiger partial charge on any atom is 0.243 e. The summed E-state index contributed by atoms with van der Waals surface area (Å²) >= 11 is 1.43. The summed E-state index contributed by atoms with van der Waals surface area (Å²) in [6, 6.07) is 5.18. The second-order valence-electron chi connectivity index (χ2n) is 8.78. The van der Waals surface area contributed by atoms with Gasteiger partial charge in [0.1, 0.15) is 0 Å². The van der Waals surface area contributed by atoms with Gasteiger partial charge in [-0.15, -0.1) is 11.8 Å². The molecule has 1 saturated carbocycles. The molecule has 4 rings (SSSR count). The molecule has 1 aromatic rings. The zero-order valence-electron chi connectivity index (χ0n) is 17.9. The minimum absolute atomic E-state index is 0.0755. The summed E-state index contributed by atoms with van der Waals surface area (Å²) < 4.78 is 27.8. The number of hydrogen-bond donors (Lipinski definition) is 2. The number of anilines is 1. The number of nitrogens with one attached hydrogen (secondary N) is 2. The van der Waals surface area contributed by atoms with E-state index < -0.39 is 10.0 Å². The van der Waals surface area contributed by atoms with Gasteiger partial charge in [-0.2, -0.15) is 4.31 Å². The van der Waals surface area contributed by atoms with Crippen LogP contribution in [-0.2, 0) is 19.6 Å². The van der Waals surface area contributed by atoms with Gasteiger partial charge >= 0.3 is 0 Å². The van der Waals surface area contributed by atoms with Crippen molar-refractivity contribution in [3.63, 3.8) is 0 Å². The Morgan fingerprint density at radius 3 is 2.45 bits per heavy atom. The molecule has 2 amide bonds. The molecule has 1 aliphatic carbocycles. The molecular weight excluding hydrogens is 434 g/mol. The van der Waals surface area contributed by atoms with E-state index in [9.17, 15) is 18.0 Å². The van der Waals surface area contributed by atoms with E-state index in [1.165, 1.54) is 41.8 Å². The van der Waals surface area contributed by atoms with Crippen molar-refractivity contribution in [1.82, 2.24) is 9.62 Å². The Hall–Kier alpha value is -1.58. The van der Waals surface area contributed by atoms with E-state index in [0.717, 1.165) is 17.7 Å². The summed E-state index contributed by atoms with van der Waals surface area (Å²) in [6.45, 7) is 2.49. The fourth-order valence-electron chi connectivity index (χ4n) is 4.60. The summed E-state index contributed by atoms with van der Waals surface area (Å²) in [6.07, 6.45) is 7.98. The zero-order chi connectivity index (χ0) is 22.0. The van der Waals surface area contributed by atoms with Crippen molar-refractivity contribution >= 4 is 39.3 Å². The molecule has 7 nitrogen and oxygen atoms in total. The van der Waals surface area contributed by atoms with Gasteiger partial charge in [0.05, 0.1) is 15.8 Å². The molecule has 1 aromatic carbocycles. The molecule has 2 fully saturated rings. The van der Waals surface area contributed by atoms with Crippen LogP contribution >= 0.6 is 11.8 Å². The first kappa shape index (κ1) is 22.6. The number of carbonyl (C=O) groups is 2. The first-order valence-electron chi connectivity index (χ1n) is 11.3. The molecule has 0 spiro atoms. The number of benzene rings is 1. The van der Waals surface area contributed by atoms with Crippen molar-refractivity contribution in [2.45, 2.75) is 79.4 Å². The lowest BCUT2D eigenvalue weighted by atomic mass is 9.96. The number of sulfonamides is 1. The van der Waals surface area contributed by atoms with Crippen LogP contribution in [0.2, 0.25) is 0 Å². The van der Waals surface area contributed by atoms with Gasteiger partial charge in [0.2, 0.25) is 21.8 Å². The van der Waals surface area contributed by atoms with Gasteiger partial charge in [0.15, 0.2) is 0 Å². The van der Waals surface area contributed by atoms with E-state index >= 15 is 0 Å². The van der Waals surface area contributed by atoms with Crippen molar-refractivity contribution in [1.29, 1.82) is 0 Å². The molecular formula is C22H31N3O4S2. The number of carbonyl (C=O) groups excluding carboxylic acids is 2. The lowest BCUT2D eigenvalue weighted by Gasteiger charge is -2.31. The number of amides is 2. The van der Waals surface area contributed by atoms with Crippen molar-refractivity contribution in [3.8, 4) is 0 Å². The number of thioether (sulfide) groups is 1. The molecule has 0 bridgehead atoms. The normalized spacial score (nSPS) is 24.2. The van der Waals surface area contributed by atoms with E-state index in [2.05, 4.69) is 10.6 Å². The number of piperidine rings is 1. The highest BCUT2D eigenvalue weighted by molar-refractivity contribution is 8.01. The maximum atomic E-state index is 13.2. The molecule has 31 heavy (non-hydrogen) atoms. The minimum Gasteiger partial charge on any atom is -0.353 e. The molecule has 0 unspecified atom stereocenters. The summed E-state index contributed by atoms with van der Waals surface area (Å²) in [5.74, 6) is -0.172. The smallest absolute Gasteiger partial charge is 0.243 e. The van der Waals surface area contributed by atoms with Gasteiger partial charge in [0.25, 0.3) is 0 Å². The van der Waals surface area contributed by atoms with Gasteiger partial charge in [-0.1, -0.05) is 25.7 Å². The number of hydrogen-bond acceptors (Lipinski definition) is 5. The van der Waals surface area contributed by atoms with E-state index in [1.807, 2.05) is 6.92 Å². The minimum atomic E-state index is -3.67. The topological polar surface area (TPSA) is 95.6 Å². The molecule has 1 atom stereocenters. The Kier molecular flexibility index (Phi) is 6.93. The second kappa shape index (κ2) is 9.50. The molecule has 170 valence electrons. The average Bonchev–Trinajstić information content (AvgIpc) is 3.03. The Morgan fingerprint density at radius 1 is 1.10 bits per heavy atom. The molecule has 2 N–H and O–H groups in total. The van der Waals surface area contributed by atoms with Crippen LogP contribution in [-0.4, -0.2) is 48.9 Å². The molecule has 0 radical (unpaired) electrons. The molecule has 2 heterocycles. The first-order chi connectivity index (χ1) is 14.8. The van der Waals surface area contributed by atoms with Crippen LogP contribution < -0.4 is 10.6 Å². The predicted octanol–water partition coefficient (Wildman–Crippen LogP) is 3.36. The predicted molar refractivity (Wildman–Crippen MR) is 122 cm³/mol. The van der Waals surface area contributed by atoms with Gasteiger partial charge in [0, 0.05) is 29.9 Å². The Balaban J connectivity index is 1.37. The van der Waals surface area contributed by atoms with Crippen LogP contribution in [0.3, 0.4) is 0 Å². The highest BCUT2D eigenvalue weighted by Crippen LogP contribution is 2.37. The largest absolute Gasteiger partial charge is 0.353 e. The average molecular weight is 466 g/mol. The van der Waals surface area contributed by atoms with Crippen LogP contribution in [0, 0.1) is 5.92 Å². The summed E-state index contributed by atoms with van der Waals surface area (Å²) in [4.78, 5) is 25.7. The Labute approximate surface area is 188 Å². The van der Waals surface area contributed by atoms with Crippen molar-refractivity contribution in [3.05, 3.63) is 18.2 Å². The first-order valence-corrected chi connectivity index (χ1v) is 13.6. The number of fused-ring (bicyclic) bond motifs is 1. The maximum absolute atomic E-state index is 13.2. The fourth-order valence-corrected chi connectivity index (χ4v) is 7.03. The van der Waals surface area contributed by atoms with Crippen LogP contribution in [0.5, 0.6) is 0 Å². The van der Waals surface area contributed by atoms with Crippen molar-refractivity contribution < 1.29 is 18.0 Å². The van der Waals surface area contributed by atoms with Gasteiger partial charge in [-0.25, -0.2) is 8.42 Å². The molecule has 9 heteroatoms. The molecule has 1 saturated heterocycles. The summed E-state index contributed by atoms with van der Waals surface area (Å²) in [5, 5.41) is 5.80. The third-order valence-electron chi connectivity index (χ3n) is 6.55. The monoisotopic (exact) mass is 465 g/mol. The SMILES string of the molecule is C[C@H]1Sc2ccc(S(=O)(=O)N3CCC(C(=O)NC4CCCCCC4)CC3)cc2NC1=O. The highest BCUT2D eigenvalue weighted by atomic mass is 32.2. The number of rotatable bonds is 4. The van der Waals surface area contributed by atoms with Crippen LogP contribution in [0.25, 0.3) is 0 Å².